The van der Waals surface area contributed by atoms with Crippen molar-refractivity contribution in [3.63, 3.8) is 0 Å². The summed E-state index contributed by atoms with van der Waals surface area (Å²) in [5.74, 6) is -1.64. The van der Waals surface area contributed by atoms with Crippen LogP contribution in [0.15, 0.2) is 55.6 Å². The zero-order valence-corrected chi connectivity index (χ0v) is 26.6. The van der Waals surface area contributed by atoms with Gasteiger partial charge in [0.25, 0.3) is 0 Å². The van der Waals surface area contributed by atoms with E-state index in [4.69, 9.17) is 18.9 Å². The van der Waals surface area contributed by atoms with Gasteiger partial charge in [-0.15, -0.1) is 13.2 Å². The molecule has 1 N–H and O–H groups in total. The second-order valence-electron chi connectivity index (χ2n) is 11.5. The Morgan fingerprint density at radius 1 is 1.07 bits per heavy atom. The highest BCUT2D eigenvalue weighted by Gasteiger charge is 2.62. The van der Waals surface area contributed by atoms with E-state index in [2.05, 4.69) is 28.4 Å². The van der Waals surface area contributed by atoms with Gasteiger partial charge in [0.05, 0.1) is 38.4 Å². The van der Waals surface area contributed by atoms with Crippen LogP contribution >= 0.6 is 0 Å². The number of hydrogen-bond donors (Lipinski definition) is 1. The SMILES string of the molecule is C=CCCCCN(C)C(=O)C1CC(Oc2cc(-c3ccc(OC)cc3)nc(OC)n2)CC1C(=O)NC1(C(=O)OCC)CC1C=C. The first-order chi connectivity index (χ1) is 21.7. The molecular formula is C34H44N4O7. The van der Waals surface area contributed by atoms with Gasteiger partial charge in [0.15, 0.2) is 0 Å². The summed E-state index contributed by atoms with van der Waals surface area (Å²) in [5.41, 5.74) is 0.228. The van der Waals surface area contributed by atoms with Crippen LogP contribution < -0.4 is 19.5 Å². The minimum Gasteiger partial charge on any atom is -0.497 e. The Balaban J connectivity index is 1.56. The predicted molar refractivity (Wildman–Crippen MR) is 169 cm³/mol. The molecule has 0 saturated heterocycles. The number of carbonyl (C=O) groups is 3. The van der Waals surface area contributed by atoms with Crippen molar-refractivity contribution in [3.05, 3.63) is 55.6 Å². The first kappa shape index (κ1) is 33.5. The molecule has 11 nitrogen and oxygen atoms in total. The van der Waals surface area contributed by atoms with Crippen molar-refractivity contribution in [2.75, 3.05) is 34.4 Å². The van der Waals surface area contributed by atoms with E-state index in [1.54, 1.807) is 38.1 Å². The normalized spacial score (nSPS) is 23.4. The minimum atomic E-state index is -1.16. The smallest absolute Gasteiger partial charge is 0.332 e. The standard InChI is InChI=1S/C34H44N4O7/c1-7-10-11-12-17-38(4)31(40)27-19-25(18-26(27)30(39)37-34(21-23(34)8-2)32(41)44-9-3)45-29-20-28(35-33(36-29)43-6)22-13-15-24(42-5)16-14-22/h7-8,13-16,20,23,25-27H,1-2,9-12,17-19,21H2,3-6H3,(H,37,39). The van der Waals surface area contributed by atoms with Crippen LogP contribution in [0.2, 0.25) is 0 Å². The van der Waals surface area contributed by atoms with Crippen molar-refractivity contribution in [1.29, 1.82) is 0 Å². The lowest BCUT2D eigenvalue weighted by atomic mass is 9.93. The molecule has 2 amide bonds. The van der Waals surface area contributed by atoms with Crippen LogP contribution in [0.5, 0.6) is 17.6 Å². The molecule has 0 aliphatic heterocycles. The molecule has 45 heavy (non-hydrogen) atoms. The second-order valence-corrected chi connectivity index (χ2v) is 11.5. The zero-order chi connectivity index (χ0) is 32.6. The molecule has 1 aromatic heterocycles. The highest BCUT2D eigenvalue weighted by atomic mass is 16.5. The molecular weight excluding hydrogens is 576 g/mol. The van der Waals surface area contributed by atoms with Crippen LogP contribution in [0, 0.1) is 17.8 Å². The predicted octanol–water partition coefficient (Wildman–Crippen LogP) is 4.37. The van der Waals surface area contributed by atoms with Gasteiger partial charge in [0, 0.05) is 31.1 Å². The fraction of sp³-hybridized carbons (Fsp3) is 0.500. The molecule has 5 unspecified atom stereocenters. The summed E-state index contributed by atoms with van der Waals surface area (Å²) in [6.45, 7) is 10.0. The highest BCUT2D eigenvalue weighted by Crippen LogP contribution is 2.46. The van der Waals surface area contributed by atoms with E-state index in [1.807, 2.05) is 30.3 Å². The first-order valence-electron chi connectivity index (χ1n) is 15.4. The molecule has 0 radical (unpaired) electrons. The van der Waals surface area contributed by atoms with Gasteiger partial charge >= 0.3 is 12.0 Å². The number of esters is 1. The first-order valence-corrected chi connectivity index (χ1v) is 15.4. The third-order valence-electron chi connectivity index (χ3n) is 8.52. The molecule has 2 aliphatic carbocycles. The topological polar surface area (TPSA) is 129 Å². The third kappa shape index (κ3) is 7.82. The molecule has 11 heteroatoms. The molecule has 5 atom stereocenters. The molecule has 4 rings (SSSR count). The summed E-state index contributed by atoms with van der Waals surface area (Å²) in [6.07, 6.45) is 6.58. The zero-order valence-electron chi connectivity index (χ0n) is 26.6. The molecule has 242 valence electrons. The number of allylic oxidation sites excluding steroid dienone is 1. The van der Waals surface area contributed by atoms with E-state index in [1.165, 1.54) is 7.11 Å². The summed E-state index contributed by atoms with van der Waals surface area (Å²) in [6, 6.07) is 9.22. The summed E-state index contributed by atoms with van der Waals surface area (Å²) in [7, 11) is 4.83. The van der Waals surface area contributed by atoms with Gasteiger partial charge in [-0.25, -0.2) is 4.79 Å². The van der Waals surface area contributed by atoms with E-state index in [9.17, 15) is 14.4 Å². The van der Waals surface area contributed by atoms with Crippen LogP contribution in [0.25, 0.3) is 11.3 Å². The van der Waals surface area contributed by atoms with Crippen LogP contribution in [0.1, 0.15) is 45.4 Å². The second kappa shape index (κ2) is 15.0. The van der Waals surface area contributed by atoms with Crippen molar-refractivity contribution < 1.29 is 33.3 Å². The molecule has 2 aromatic rings. The number of carbonyl (C=O) groups excluding carboxylic acids is 3. The minimum absolute atomic E-state index is 0.123. The highest BCUT2D eigenvalue weighted by molar-refractivity contribution is 5.95. The Kier molecular flexibility index (Phi) is 11.2. The van der Waals surface area contributed by atoms with Gasteiger partial charge in [-0.1, -0.05) is 12.2 Å². The Labute approximate surface area is 265 Å². The largest absolute Gasteiger partial charge is 0.497 e. The maximum absolute atomic E-state index is 13.9. The van der Waals surface area contributed by atoms with E-state index >= 15 is 0 Å². The number of aromatic nitrogens is 2. The lowest BCUT2D eigenvalue weighted by molar-refractivity contribution is -0.150. The number of nitrogens with one attached hydrogen (secondary N) is 1. The number of ether oxygens (including phenoxy) is 4. The molecule has 0 bridgehead atoms. The molecule has 0 spiro atoms. The van der Waals surface area contributed by atoms with Crippen molar-refractivity contribution >= 4 is 17.8 Å². The Morgan fingerprint density at radius 3 is 2.42 bits per heavy atom. The van der Waals surface area contributed by atoms with E-state index in [0.717, 1.165) is 24.8 Å². The maximum Gasteiger partial charge on any atom is 0.332 e. The quantitative estimate of drug-likeness (QED) is 0.165. The van der Waals surface area contributed by atoms with Crippen molar-refractivity contribution in [2.45, 2.75) is 57.1 Å². The van der Waals surface area contributed by atoms with Gasteiger partial charge in [0.2, 0.25) is 17.7 Å². The summed E-state index contributed by atoms with van der Waals surface area (Å²) in [4.78, 5) is 51.0. The molecule has 1 aromatic carbocycles. The van der Waals surface area contributed by atoms with Crippen LogP contribution in [0.3, 0.4) is 0 Å². The number of methoxy groups -OCH3 is 2. The van der Waals surface area contributed by atoms with Crippen LogP contribution in [0.4, 0.5) is 0 Å². The molecule has 2 aliphatic rings. The lowest BCUT2D eigenvalue weighted by Gasteiger charge is -2.26. The van der Waals surface area contributed by atoms with Gasteiger partial charge < -0.3 is 29.2 Å². The van der Waals surface area contributed by atoms with E-state index in [-0.39, 0.29) is 42.7 Å². The number of benzene rings is 1. The number of amides is 2. The lowest BCUT2D eigenvalue weighted by Crippen LogP contribution is -2.50. The Bertz CT molecular complexity index is 1380. The molecule has 1 heterocycles. The van der Waals surface area contributed by atoms with Crippen molar-refractivity contribution in [1.82, 2.24) is 20.2 Å². The average Bonchev–Trinajstić information content (AvgIpc) is 3.61. The number of hydrogen-bond acceptors (Lipinski definition) is 9. The number of nitrogens with zero attached hydrogens (tertiary/aromatic N) is 3. The van der Waals surface area contributed by atoms with Gasteiger partial charge in [-0.05, 0) is 69.7 Å². The average molecular weight is 621 g/mol. The summed E-state index contributed by atoms with van der Waals surface area (Å²) >= 11 is 0. The van der Waals surface area contributed by atoms with E-state index < -0.39 is 29.4 Å². The number of rotatable bonds is 16. The fourth-order valence-corrected chi connectivity index (χ4v) is 5.89. The Hall–Kier alpha value is -4.41. The maximum atomic E-state index is 13.9. The van der Waals surface area contributed by atoms with Crippen LogP contribution in [-0.2, 0) is 19.1 Å². The van der Waals surface area contributed by atoms with Crippen LogP contribution in [-0.4, -0.2) is 78.7 Å². The van der Waals surface area contributed by atoms with Gasteiger partial charge in [-0.3, -0.25) is 9.59 Å². The molecule has 2 fully saturated rings. The monoisotopic (exact) mass is 620 g/mol. The number of unbranched alkanes of at least 4 members (excludes halogenated alkanes) is 2. The molecule has 2 saturated carbocycles. The Morgan fingerprint density at radius 2 is 1.80 bits per heavy atom. The van der Waals surface area contributed by atoms with Gasteiger partial charge in [-0.2, -0.15) is 9.97 Å². The summed E-state index contributed by atoms with van der Waals surface area (Å²) < 4.78 is 22.2. The van der Waals surface area contributed by atoms with Gasteiger partial charge in [0.1, 0.15) is 17.4 Å². The van der Waals surface area contributed by atoms with E-state index in [0.29, 0.717) is 30.8 Å². The van der Waals surface area contributed by atoms with Crippen molar-refractivity contribution in [2.24, 2.45) is 17.8 Å². The third-order valence-corrected chi connectivity index (χ3v) is 8.52. The fourth-order valence-electron chi connectivity index (χ4n) is 5.89. The summed E-state index contributed by atoms with van der Waals surface area (Å²) in [5, 5.41) is 2.94. The van der Waals surface area contributed by atoms with Crippen molar-refractivity contribution in [3.8, 4) is 28.9 Å².